The Morgan fingerprint density at radius 1 is 1.35 bits per heavy atom. The number of aliphatic imine (C=N–C) groups is 1. The fourth-order valence-corrected chi connectivity index (χ4v) is 2.72. The van der Waals surface area contributed by atoms with E-state index in [1.807, 2.05) is 11.9 Å². The van der Waals surface area contributed by atoms with Crippen LogP contribution in [0.2, 0.25) is 0 Å². The molecule has 0 spiro atoms. The second kappa shape index (κ2) is 8.19. The highest BCUT2D eigenvalue weighted by molar-refractivity contribution is 5.79. The molecule has 1 aliphatic carbocycles. The molecule has 1 aliphatic heterocycles. The van der Waals surface area contributed by atoms with Crippen molar-refractivity contribution in [2.75, 3.05) is 53.5 Å². The van der Waals surface area contributed by atoms with E-state index < -0.39 is 12.7 Å². The second-order valence-corrected chi connectivity index (χ2v) is 6.47. The van der Waals surface area contributed by atoms with Crippen LogP contribution in [0.15, 0.2) is 4.99 Å². The molecule has 134 valence electrons. The monoisotopic (exact) mass is 336 g/mol. The van der Waals surface area contributed by atoms with Crippen LogP contribution in [-0.4, -0.2) is 81.5 Å². The minimum absolute atomic E-state index is 0.00545. The molecule has 0 aromatic rings. The first-order valence-electron chi connectivity index (χ1n) is 8.18. The van der Waals surface area contributed by atoms with Crippen LogP contribution in [0.4, 0.5) is 13.2 Å². The zero-order chi connectivity index (χ0) is 16.9. The number of hydrogen-bond acceptors (Lipinski definition) is 3. The lowest BCUT2D eigenvalue weighted by atomic mass is 10.3. The van der Waals surface area contributed by atoms with Gasteiger partial charge in [-0.15, -0.1) is 0 Å². The first-order valence-corrected chi connectivity index (χ1v) is 8.18. The first-order chi connectivity index (χ1) is 10.9. The van der Waals surface area contributed by atoms with Crippen molar-refractivity contribution >= 4 is 5.96 Å². The van der Waals surface area contributed by atoms with Crippen molar-refractivity contribution in [3.05, 3.63) is 0 Å². The van der Waals surface area contributed by atoms with Gasteiger partial charge in [0.05, 0.1) is 13.2 Å². The standard InChI is InChI=1S/C15H27F3N4O/c1-19-14(21(2)7-8-23-10-12-3-4-12)20-13-5-6-22(9-13)11-15(16,17)18/h12-13H,3-11H2,1-2H3,(H,19,20). The summed E-state index contributed by atoms with van der Waals surface area (Å²) < 4.78 is 42.9. The molecule has 0 radical (unpaired) electrons. The zero-order valence-electron chi connectivity index (χ0n) is 13.9. The summed E-state index contributed by atoms with van der Waals surface area (Å²) in [5.74, 6) is 1.45. The van der Waals surface area contributed by atoms with Crippen molar-refractivity contribution in [1.82, 2.24) is 15.1 Å². The molecule has 2 fully saturated rings. The van der Waals surface area contributed by atoms with Crippen LogP contribution >= 0.6 is 0 Å². The summed E-state index contributed by atoms with van der Waals surface area (Å²) in [7, 11) is 3.60. The molecule has 1 saturated carbocycles. The molecular weight excluding hydrogens is 309 g/mol. The van der Waals surface area contributed by atoms with Gasteiger partial charge in [0, 0.05) is 46.4 Å². The normalized spacial score (nSPS) is 23.3. The second-order valence-electron chi connectivity index (χ2n) is 6.47. The van der Waals surface area contributed by atoms with Gasteiger partial charge in [0.15, 0.2) is 5.96 Å². The number of nitrogens with zero attached hydrogens (tertiary/aromatic N) is 3. The third kappa shape index (κ3) is 6.95. The highest BCUT2D eigenvalue weighted by atomic mass is 19.4. The van der Waals surface area contributed by atoms with Crippen molar-refractivity contribution in [3.8, 4) is 0 Å². The van der Waals surface area contributed by atoms with Crippen LogP contribution in [-0.2, 0) is 4.74 Å². The maximum absolute atomic E-state index is 12.4. The molecule has 2 aliphatic rings. The van der Waals surface area contributed by atoms with Crippen molar-refractivity contribution < 1.29 is 17.9 Å². The van der Waals surface area contributed by atoms with Crippen molar-refractivity contribution in [2.24, 2.45) is 10.9 Å². The minimum Gasteiger partial charge on any atom is -0.379 e. The average Bonchev–Trinajstić information content (AvgIpc) is 3.19. The fraction of sp³-hybridized carbons (Fsp3) is 0.933. The Kier molecular flexibility index (Phi) is 6.52. The van der Waals surface area contributed by atoms with Gasteiger partial charge in [-0.2, -0.15) is 13.2 Å². The summed E-state index contributed by atoms with van der Waals surface area (Å²) >= 11 is 0. The highest BCUT2D eigenvalue weighted by Gasteiger charge is 2.34. The lowest BCUT2D eigenvalue weighted by Crippen LogP contribution is -2.46. The SMILES string of the molecule is CN=C(NC1CCN(CC(F)(F)F)C1)N(C)CCOCC1CC1. The number of nitrogens with one attached hydrogen (secondary N) is 1. The van der Waals surface area contributed by atoms with E-state index in [4.69, 9.17) is 4.74 Å². The molecule has 0 aromatic carbocycles. The number of likely N-dealkylation sites (N-methyl/N-ethyl adjacent to an activating group) is 1. The summed E-state index contributed by atoms with van der Waals surface area (Å²) in [6, 6.07) is 0.00545. The van der Waals surface area contributed by atoms with E-state index in [2.05, 4.69) is 10.3 Å². The van der Waals surface area contributed by atoms with Crippen LogP contribution in [0.5, 0.6) is 0 Å². The molecule has 23 heavy (non-hydrogen) atoms. The highest BCUT2D eigenvalue weighted by Crippen LogP contribution is 2.28. The maximum Gasteiger partial charge on any atom is 0.401 e. The topological polar surface area (TPSA) is 40.1 Å². The van der Waals surface area contributed by atoms with Gasteiger partial charge in [-0.1, -0.05) is 0 Å². The molecule has 0 aromatic heterocycles. The molecule has 1 atom stereocenters. The van der Waals surface area contributed by atoms with Gasteiger partial charge in [0.1, 0.15) is 0 Å². The van der Waals surface area contributed by atoms with Gasteiger partial charge in [-0.3, -0.25) is 9.89 Å². The van der Waals surface area contributed by atoms with E-state index >= 15 is 0 Å². The third-order valence-electron chi connectivity index (χ3n) is 4.20. The number of rotatable bonds is 7. The van der Waals surface area contributed by atoms with Crippen LogP contribution in [0.25, 0.3) is 0 Å². The van der Waals surface area contributed by atoms with E-state index in [1.165, 1.54) is 17.7 Å². The largest absolute Gasteiger partial charge is 0.401 e. The van der Waals surface area contributed by atoms with Gasteiger partial charge < -0.3 is 15.0 Å². The van der Waals surface area contributed by atoms with Crippen LogP contribution in [0, 0.1) is 5.92 Å². The number of hydrogen-bond donors (Lipinski definition) is 1. The van der Waals surface area contributed by atoms with E-state index in [9.17, 15) is 13.2 Å². The molecule has 1 heterocycles. The van der Waals surface area contributed by atoms with E-state index in [-0.39, 0.29) is 6.04 Å². The number of ether oxygens (including phenoxy) is 1. The average molecular weight is 336 g/mol. The molecule has 2 rings (SSSR count). The molecule has 8 heteroatoms. The summed E-state index contributed by atoms with van der Waals surface area (Å²) in [5.41, 5.74) is 0. The summed E-state index contributed by atoms with van der Waals surface area (Å²) in [5, 5.41) is 3.25. The number of likely N-dealkylation sites (tertiary alicyclic amines) is 1. The smallest absolute Gasteiger partial charge is 0.379 e. The predicted molar refractivity (Wildman–Crippen MR) is 83.6 cm³/mol. The predicted octanol–water partition coefficient (Wildman–Crippen LogP) is 1.56. The van der Waals surface area contributed by atoms with E-state index in [0.29, 0.717) is 38.6 Å². The Morgan fingerprint density at radius 3 is 2.70 bits per heavy atom. The van der Waals surface area contributed by atoms with E-state index in [1.54, 1.807) is 7.05 Å². The van der Waals surface area contributed by atoms with Crippen LogP contribution in [0.1, 0.15) is 19.3 Å². The summed E-state index contributed by atoms with van der Waals surface area (Å²) in [4.78, 5) is 7.60. The first kappa shape index (κ1) is 18.3. The van der Waals surface area contributed by atoms with E-state index in [0.717, 1.165) is 12.5 Å². The van der Waals surface area contributed by atoms with Crippen molar-refractivity contribution in [3.63, 3.8) is 0 Å². The van der Waals surface area contributed by atoms with Gasteiger partial charge in [-0.25, -0.2) is 0 Å². The fourth-order valence-electron chi connectivity index (χ4n) is 2.72. The van der Waals surface area contributed by atoms with Crippen molar-refractivity contribution in [2.45, 2.75) is 31.5 Å². The lowest BCUT2D eigenvalue weighted by molar-refractivity contribution is -0.143. The van der Waals surface area contributed by atoms with Gasteiger partial charge in [0.2, 0.25) is 0 Å². The molecular formula is C15H27F3N4O. The number of halogens is 3. The molecule has 5 nitrogen and oxygen atoms in total. The van der Waals surface area contributed by atoms with Gasteiger partial charge >= 0.3 is 6.18 Å². The molecule has 0 amide bonds. The number of guanidine groups is 1. The maximum atomic E-state index is 12.4. The molecule has 1 N–H and O–H groups in total. The quantitative estimate of drug-likeness (QED) is 0.435. The Hall–Kier alpha value is -1.02. The molecule has 1 saturated heterocycles. The minimum atomic E-state index is -4.13. The third-order valence-corrected chi connectivity index (χ3v) is 4.20. The van der Waals surface area contributed by atoms with Crippen molar-refractivity contribution in [1.29, 1.82) is 0 Å². The van der Waals surface area contributed by atoms with Gasteiger partial charge in [-0.05, 0) is 25.2 Å². The zero-order valence-corrected chi connectivity index (χ0v) is 13.9. The molecule has 0 bridgehead atoms. The lowest BCUT2D eigenvalue weighted by Gasteiger charge is -2.25. The number of alkyl halides is 3. The Labute approximate surface area is 135 Å². The Morgan fingerprint density at radius 2 is 2.09 bits per heavy atom. The summed E-state index contributed by atoms with van der Waals surface area (Å²) in [6.07, 6.45) is -0.891. The van der Waals surface area contributed by atoms with Gasteiger partial charge in [0.25, 0.3) is 0 Å². The Balaban J connectivity index is 1.67. The molecule has 1 unspecified atom stereocenters. The Bertz CT molecular complexity index is 399. The summed E-state index contributed by atoms with van der Waals surface area (Å²) in [6.45, 7) is 2.19. The van der Waals surface area contributed by atoms with Crippen LogP contribution in [0.3, 0.4) is 0 Å². The van der Waals surface area contributed by atoms with Crippen LogP contribution < -0.4 is 5.32 Å².